The van der Waals surface area contributed by atoms with E-state index in [4.69, 9.17) is 28.9 Å². The highest BCUT2D eigenvalue weighted by atomic mass is 35.5. The number of ketones is 2. The van der Waals surface area contributed by atoms with Crippen molar-refractivity contribution in [2.45, 2.75) is 0 Å². The molecule has 0 amide bonds. The highest BCUT2D eigenvalue weighted by Gasteiger charge is 2.33. The first kappa shape index (κ1) is 16.6. The average Bonchev–Trinajstić information content (AvgIpc) is 2.64. The number of anilines is 3. The van der Waals surface area contributed by atoms with Crippen molar-refractivity contribution in [3.8, 4) is 0 Å². The van der Waals surface area contributed by atoms with Gasteiger partial charge in [-0.2, -0.15) is 0 Å². The molecule has 0 aromatic heterocycles. The van der Waals surface area contributed by atoms with E-state index < -0.39 is 0 Å². The van der Waals surface area contributed by atoms with E-state index in [2.05, 4.69) is 5.32 Å². The molecule has 26 heavy (non-hydrogen) atoms. The standard InChI is InChI=1S/C20H12Cl2N2O2/c21-12-6-3-7-15(18(12)22)24-14-9-8-13(23)16-17(14)20(26)11-5-2-1-4-10(11)19(16)25/h1-9,24H,23H2. The van der Waals surface area contributed by atoms with E-state index in [1.807, 2.05) is 0 Å². The molecule has 0 radical (unpaired) electrons. The Balaban J connectivity index is 1.91. The largest absolute Gasteiger partial charge is 0.398 e. The molecule has 0 fully saturated rings. The van der Waals surface area contributed by atoms with Gasteiger partial charge in [0.2, 0.25) is 0 Å². The molecule has 4 rings (SSSR count). The quantitative estimate of drug-likeness (QED) is 0.473. The fourth-order valence-electron chi connectivity index (χ4n) is 3.10. The van der Waals surface area contributed by atoms with Crippen LogP contribution in [-0.4, -0.2) is 11.6 Å². The molecule has 0 bridgehead atoms. The minimum absolute atomic E-state index is 0.205. The maximum absolute atomic E-state index is 13.1. The number of benzene rings is 3. The van der Waals surface area contributed by atoms with Crippen LogP contribution in [0.3, 0.4) is 0 Å². The third kappa shape index (κ3) is 2.46. The normalized spacial score (nSPS) is 12.5. The first-order valence-electron chi connectivity index (χ1n) is 7.81. The molecule has 6 heteroatoms. The van der Waals surface area contributed by atoms with Gasteiger partial charge in [-0.25, -0.2) is 0 Å². The summed E-state index contributed by atoms with van der Waals surface area (Å²) in [7, 11) is 0. The monoisotopic (exact) mass is 382 g/mol. The van der Waals surface area contributed by atoms with Gasteiger partial charge in [-0.05, 0) is 24.3 Å². The van der Waals surface area contributed by atoms with Gasteiger partial charge in [-0.3, -0.25) is 9.59 Å². The molecule has 0 atom stereocenters. The van der Waals surface area contributed by atoms with Gasteiger partial charge in [0.25, 0.3) is 0 Å². The van der Waals surface area contributed by atoms with Crippen molar-refractivity contribution in [2.24, 2.45) is 0 Å². The van der Waals surface area contributed by atoms with E-state index in [0.29, 0.717) is 32.5 Å². The molecule has 3 N–H and O–H groups in total. The van der Waals surface area contributed by atoms with Crippen LogP contribution in [0.5, 0.6) is 0 Å². The van der Waals surface area contributed by atoms with Crippen molar-refractivity contribution >= 4 is 51.8 Å². The second-order valence-corrected chi connectivity index (χ2v) is 6.67. The molecule has 1 aliphatic carbocycles. The molecular formula is C20H12Cl2N2O2. The summed E-state index contributed by atoms with van der Waals surface area (Å²) in [6, 6.07) is 15.1. The summed E-state index contributed by atoms with van der Waals surface area (Å²) in [5.41, 5.74) is 8.42. The summed E-state index contributed by atoms with van der Waals surface area (Å²) in [6.07, 6.45) is 0. The number of carbonyl (C=O) groups excluding carboxylic acids is 2. The van der Waals surface area contributed by atoms with Gasteiger partial charge in [0.05, 0.1) is 32.5 Å². The number of halogens is 2. The van der Waals surface area contributed by atoms with Crippen LogP contribution in [0, 0.1) is 0 Å². The van der Waals surface area contributed by atoms with Gasteiger partial charge in [0.15, 0.2) is 11.6 Å². The topological polar surface area (TPSA) is 72.2 Å². The molecule has 0 aliphatic heterocycles. The van der Waals surface area contributed by atoms with Crippen molar-refractivity contribution < 1.29 is 9.59 Å². The van der Waals surface area contributed by atoms with E-state index in [1.165, 1.54) is 0 Å². The van der Waals surface area contributed by atoms with Crippen molar-refractivity contribution in [1.82, 2.24) is 0 Å². The maximum atomic E-state index is 13.1. The van der Waals surface area contributed by atoms with Gasteiger partial charge in [-0.1, -0.05) is 53.5 Å². The van der Waals surface area contributed by atoms with Crippen LogP contribution in [-0.2, 0) is 0 Å². The Morgan fingerprint density at radius 1 is 0.731 bits per heavy atom. The molecule has 1 aliphatic rings. The number of rotatable bonds is 2. The number of nitrogens with two attached hydrogens (primary N) is 1. The first-order valence-corrected chi connectivity index (χ1v) is 8.56. The summed E-state index contributed by atoms with van der Waals surface area (Å²) >= 11 is 12.3. The summed E-state index contributed by atoms with van der Waals surface area (Å²) in [4.78, 5) is 26.0. The van der Waals surface area contributed by atoms with Crippen LogP contribution in [0.2, 0.25) is 10.0 Å². The van der Waals surface area contributed by atoms with Crippen LogP contribution < -0.4 is 11.1 Å². The Morgan fingerprint density at radius 2 is 1.38 bits per heavy atom. The van der Waals surface area contributed by atoms with Crippen molar-refractivity contribution in [3.63, 3.8) is 0 Å². The molecule has 4 nitrogen and oxygen atoms in total. The summed E-state index contributed by atoms with van der Waals surface area (Å²) in [5.74, 6) is -0.531. The Morgan fingerprint density at radius 3 is 2.08 bits per heavy atom. The van der Waals surface area contributed by atoms with E-state index in [1.54, 1.807) is 54.6 Å². The number of carbonyl (C=O) groups is 2. The predicted octanol–water partition coefficient (Wildman–Crippen LogP) is 5.09. The first-order chi connectivity index (χ1) is 12.5. The van der Waals surface area contributed by atoms with E-state index in [-0.39, 0.29) is 28.4 Å². The van der Waals surface area contributed by atoms with Gasteiger partial charge >= 0.3 is 0 Å². The van der Waals surface area contributed by atoms with E-state index in [9.17, 15) is 9.59 Å². The molecule has 128 valence electrons. The van der Waals surface area contributed by atoms with Gasteiger partial charge in [0, 0.05) is 16.8 Å². The van der Waals surface area contributed by atoms with Crippen LogP contribution in [0.1, 0.15) is 31.8 Å². The molecule has 0 saturated heterocycles. The molecule has 3 aromatic rings. The molecule has 3 aromatic carbocycles. The number of fused-ring (bicyclic) bond motifs is 2. The zero-order valence-electron chi connectivity index (χ0n) is 13.3. The number of hydrogen-bond acceptors (Lipinski definition) is 4. The molecule has 0 heterocycles. The van der Waals surface area contributed by atoms with Crippen molar-refractivity contribution in [1.29, 1.82) is 0 Å². The van der Waals surface area contributed by atoms with Crippen LogP contribution >= 0.6 is 23.2 Å². The Bertz CT molecular complexity index is 1090. The highest BCUT2D eigenvalue weighted by Crippen LogP contribution is 2.38. The van der Waals surface area contributed by atoms with Crippen LogP contribution in [0.15, 0.2) is 54.6 Å². The van der Waals surface area contributed by atoms with Crippen LogP contribution in [0.25, 0.3) is 0 Å². The molecular weight excluding hydrogens is 371 g/mol. The zero-order valence-corrected chi connectivity index (χ0v) is 14.9. The smallest absolute Gasteiger partial charge is 0.196 e. The van der Waals surface area contributed by atoms with Crippen molar-refractivity contribution in [3.05, 3.63) is 86.9 Å². The minimum atomic E-state index is -0.270. The number of hydrogen-bond donors (Lipinski definition) is 2. The van der Waals surface area contributed by atoms with E-state index >= 15 is 0 Å². The lowest BCUT2D eigenvalue weighted by Gasteiger charge is -2.22. The lowest BCUT2D eigenvalue weighted by atomic mass is 9.82. The number of nitrogens with one attached hydrogen (secondary N) is 1. The summed E-state index contributed by atoms with van der Waals surface area (Å²) < 4.78 is 0. The molecule has 0 spiro atoms. The minimum Gasteiger partial charge on any atom is -0.398 e. The van der Waals surface area contributed by atoms with Gasteiger partial charge in [-0.15, -0.1) is 0 Å². The van der Waals surface area contributed by atoms with E-state index in [0.717, 1.165) is 0 Å². The summed E-state index contributed by atoms with van der Waals surface area (Å²) in [6.45, 7) is 0. The average molecular weight is 383 g/mol. The fourth-order valence-corrected chi connectivity index (χ4v) is 3.45. The summed E-state index contributed by atoms with van der Waals surface area (Å²) in [5, 5.41) is 3.82. The lowest BCUT2D eigenvalue weighted by molar-refractivity contribution is 0.0980. The van der Waals surface area contributed by atoms with Gasteiger partial charge in [0.1, 0.15) is 0 Å². The fraction of sp³-hybridized carbons (Fsp3) is 0. The second kappa shape index (κ2) is 6.16. The third-order valence-electron chi connectivity index (χ3n) is 4.33. The predicted molar refractivity (Wildman–Crippen MR) is 104 cm³/mol. The van der Waals surface area contributed by atoms with Crippen molar-refractivity contribution in [2.75, 3.05) is 11.1 Å². The SMILES string of the molecule is Nc1ccc(Nc2cccc(Cl)c2Cl)c2c1C(=O)c1ccccc1C2=O. The van der Waals surface area contributed by atoms with Crippen LogP contribution in [0.4, 0.5) is 17.1 Å². The highest BCUT2D eigenvalue weighted by molar-refractivity contribution is 6.43. The number of nitrogen functional groups attached to an aromatic ring is 1. The Kier molecular flexibility index (Phi) is 3.94. The van der Waals surface area contributed by atoms with Gasteiger partial charge < -0.3 is 11.1 Å². The Hall–Kier alpha value is -2.82. The Labute approximate surface area is 159 Å². The zero-order chi connectivity index (χ0) is 18.4. The lowest BCUT2D eigenvalue weighted by Crippen LogP contribution is -2.23. The third-order valence-corrected chi connectivity index (χ3v) is 5.15. The molecule has 0 saturated carbocycles. The maximum Gasteiger partial charge on any atom is 0.196 e. The second-order valence-electron chi connectivity index (χ2n) is 5.88. The molecule has 0 unspecified atom stereocenters.